The van der Waals surface area contributed by atoms with Gasteiger partial charge in [0.05, 0.1) is 10.7 Å². The van der Waals surface area contributed by atoms with Gasteiger partial charge in [-0.2, -0.15) is 0 Å². The minimum Gasteiger partial charge on any atom is -0.448 e. The van der Waals surface area contributed by atoms with Crippen LogP contribution in [-0.4, -0.2) is 23.0 Å². The zero-order valence-corrected chi connectivity index (χ0v) is 11.8. The van der Waals surface area contributed by atoms with Crippen LogP contribution in [0.4, 0.5) is 10.1 Å². The topological polar surface area (TPSA) is 71.2 Å². The van der Waals surface area contributed by atoms with Gasteiger partial charge >= 0.3 is 5.97 Å². The third kappa shape index (κ3) is 3.82. The van der Waals surface area contributed by atoms with Crippen LogP contribution in [0.25, 0.3) is 0 Å². The summed E-state index contributed by atoms with van der Waals surface area (Å²) in [5, 5.41) is 2.70. The number of esters is 1. The van der Waals surface area contributed by atoms with Gasteiger partial charge in [0.15, 0.2) is 6.10 Å². The molecule has 0 aliphatic heterocycles. The van der Waals surface area contributed by atoms with E-state index in [9.17, 15) is 14.0 Å². The molecule has 1 atom stereocenters. The van der Waals surface area contributed by atoms with Gasteiger partial charge in [-0.15, -0.1) is 0 Å². The third-order valence-electron chi connectivity index (χ3n) is 2.65. The highest BCUT2D eigenvalue weighted by atomic mass is 35.5. The van der Waals surface area contributed by atoms with Crippen LogP contribution >= 0.6 is 11.6 Å². The van der Waals surface area contributed by atoms with Gasteiger partial charge in [-0.1, -0.05) is 23.7 Å². The van der Waals surface area contributed by atoms with Crippen LogP contribution in [0.3, 0.4) is 0 Å². The first-order chi connectivity index (χ1) is 9.97. The molecule has 0 spiro atoms. The number of anilines is 1. The number of benzene rings is 1. The summed E-state index contributed by atoms with van der Waals surface area (Å²) in [4.78, 5) is 26.2. The summed E-state index contributed by atoms with van der Waals surface area (Å²) in [6.07, 6.45) is 0.335. The number of aromatic nitrogens is 1. The molecule has 0 saturated heterocycles. The number of halogens is 2. The number of para-hydroxylation sites is 1. The highest BCUT2D eigenvalue weighted by Gasteiger charge is 2.20. The van der Waals surface area contributed by atoms with E-state index >= 15 is 0 Å². The predicted octanol–water partition coefficient (Wildman–Crippen LogP) is 2.99. The van der Waals surface area contributed by atoms with Crippen molar-refractivity contribution in [1.29, 1.82) is 0 Å². The van der Waals surface area contributed by atoms with E-state index in [0.717, 1.165) is 0 Å². The van der Waals surface area contributed by atoms with E-state index < -0.39 is 23.8 Å². The molecule has 2 rings (SSSR count). The first-order valence-electron chi connectivity index (χ1n) is 6.07. The molecule has 7 heteroatoms. The Labute approximate surface area is 125 Å². The molecule has 1 unspecified atom stereocenters. The number of H-pyrrole nitrogens is 1. The standard InChI is InChI=1S/C14H12ClFN2O3/c1-8(21-14(20)12-6-9(15)7-17-12)13(19)18-11-5-3-2-4-10(11)16/h2-8,17H,1H3,(H,18,19). The predicted molar refractivity (Wildman–Crippen MR) is 75.7 cm³/mol. The number of ether oxygens (including phenoxy) is 1. The first kappa shape index (κ1) is 15.1. The molecule has 21 heavy (non-hydrogen) atoms. The van der Waals surface area contributed by atoms with Crippen LogP contribution in [0.2, 0.25) is 5.02 Å². The van der Waals surface area contributed by atoms with Crippen LogP contribution in [0, 0.1) is 5.82 Å². The van der Waals surface area contributed by atoms with Crippen molar-refractivity contribution in [2.75, 3.05) is 5.32 Å². The lowest BCUT2D eigenvalue weighted by atomic mass is 10.3. The monoisotopic (exact) mass is 310 g/mol. The number of rotatable bonds is 4. The Balaban J connectivity index is 1.97. The Hall–Kier alpha value is -2.34. The number of nitrogens with one attached hydrogen (secondary N) is 2. The molecule has 0 saturated carbocycles. The van der Waals surface area contributed by atoms with Gasteiger partial charge in [0, 0.05) is 6.20 Å². The number of aromatic amines is 1. The normalized spacial score (nSPS) is 11.8. The fourth-order valence-electron chi connectivity index (χ4n) is 1.56. The lowest BCUT2D eigenvalue weighted by Crippen LogP contribution is -2.30. The van der Waals surface area contributed by atoms with Gasteiger partial charge in [0.25, 0.3) is 5.91 Å². The van der Waals surface area contributed by atoms with Crippen LogP contribution in [0.5, 0.6) is 0 Å². The number of hydrogen-bond donors (Lipinski definition) is 2. The van der Waals surface area contributed by atoms with E-state index in [2.05, 4.69) is 10.3 Å². The number of carbonyl (C=O) groups excluding carboxylic acids is 2. The van der Waals surface area contributed by atoms with E-state index in [1.165, 1.54) is 37.4 Å². The molecule has 0 radical (unpaired) electrons. The van der Waals surface area contributed by atoms with Crippen molar-refractivity contribution in [3.63, 3.8) is 0 Å². The molecular weight excluding hydrogens is 299 g/mol. The van der Waals surface area contributed by atoms with Crippen molar-refractivity contribution in [2.24, 2.45) is 0 Å². The maximum absolute atomic E-state index is 13.4. The second-order valence-electron chi connectivity index (χ2n) is 4.25. The highest BCUT2D eigenvalue weighted by molar-refractivity contribution is 6.30. The van der Waals surface area contributed by atoms with Gasteiger partial charge in [0.1, 0.15) is 11.5 Å². The Morgan fingerprint density at radius 1 is 1.38 bits per heavy atom. The van der Waals surface area contributed by atoms with Crippen molar-refractivity contribution in [2.45, 2.75) is 13.0 Å². The van der Waals surface area contributed by atoms with Gasteiger partial charge in [-0.25, -0.2) is 9.18 Å². The van der Waals surface area contributed by atoms with E-state index in [0.29, 0.717) is 5.02 Å². The lowest BCUT2D eigenvalue weighted by molar-refractivity contribution is -0.123. The van der Waals surface area contributed by atoms with Crippen molar-refractivity contribution < 1.29 is 18.7 Å². The molecule has 1 aromatic heterocycles. The summed E-state index contributed by atoms with van der Waals surface area (Å²) < 4.78 is 18.4. The van der Waals surface area contributed by atoms with Crippen molar-refractivity contribution in [3.05, 3.63) is 53.1 Å². The van der Waals surface area contributed by atoms with E-state index in [1.54, 1.807) is 6.07 Å². The molecule has 1 aromatic carbocycles. The number of hydrogen-bond acceptors (Lipinski definition) is 3. The maximum atomic E-state index is 13.4. The van der Waals surface area contributed by atoms with Crippen LogP contribution < -0.4 is 5.32 Å². The molecular formula is C14H12ClFN2O3. The molecule has 5 nitrogen and oxygen atoms in total. The fourth-order valence-corrected chi connectivity index (χ4v) is 1.72. The quantitative estimate of drug-likeness (QED) is 0.853. The fraction of sp³-hybridized carbons (Fsp3) is 0.143. The molecule has 2 aromatic rings. The number of amides is 1. The zero-order chi connectivity index (χ0) is 15.4. The molecule has 0 aliphatic carbocycles. The third-order valence-corrected chi connectivity index (χ3v) is 2.87. The Kier molecular flexibility index (Phi) is 4.59. The molecule has 0 aliphatic rings. The van der Waals surface area contributed by atoms with Crippen LogP contribution in [-0.2, 0) is 9.53 Å². The van der Waals surface area contributed by atoms with Crippen LogP contribution in [0.15, 0.2) is 36.5 Å². The van der Waals surface area contributed by atoms with Gasteiger partial charge in [0.2, 0.25) is 0 Å². The second-order valence-corrected chi connectivity index (χ2v) is 4.68. The summed E-state index contributed by atoms with van der Waals surface area (Å²) in [5.41, 5.74) is 0.152. The molecule has 110 valence electrons. The van der Waals surface area contributed by atoms with E-state index in [-0.39, 0.29) is 11.4 Å². The van der Waals surface area contributed by atoms with Crippen molar-refractivity contribution in [3.8, 4) is 0 Å². The summed E-state index contributed by atoms with van der Waals surface area (Å²) in [6.45, 7) is 1.39. The van der Waals surface area contributed by atoms with Gasteiger partial charge in [-0.05, 0) is 25.1 Å². The van der Waals surface area contributed by atoms with Gasteiger partial charge in [-0.3, -0.25) is 4.79 Å². The average Bonchev–Trinajstić information content (AvgIpc) is 2.88. The molecule has 0 bridgehead atoms. The van der Waals surface area contributed by atoms with E-state index in [1.807, 2.05) is 0 Å². The largest absolute Gasteiger partial charge is 0.448 e. The Morgan fingerprint density at radius 3 is 2.71 bits per heavy atom. The first-order valence-corrected chi connectivity index (χ1v) is 6.45. The molecule has 1 heterocycles. The van der Waals surface area contributed by atoms with Crippen LogP contribution in [0.1, 0.15) is 17.4 Å². The van der Waals surface area contributed by atoms with Gasteiger partial charge < -0.3 is 15.0 Å². The summed E-state index contributed by atoms with van der Waals surface area (Å²) in [7, 11) is 0. The second kappa shape index (κ2) is 6.41. The molecule has 2 N–H and O–H groups in total. The minimum atomic E-state index is -1.08. The average molecular weight is 311 g/mol. The Bertz CT molecular complexity index is 672. The summed E-state index contributed by atoms with van der Waals surface area (Å²) >= 11 is 5.67. The highest BCUT2D eigenvalue weighted by Crippen LogP contribution is 2.14. The van der Waals surface area contributed by atoms with Crippen molar-refractivity contribution >= 4 is 29.2 Å². The number of carbonyl (C=O) groups is 2. The minimum absolute atomic E-state index is 0.0216. The smallest absolute Gasteiger partial charge is 0.355 e. The SMILES string of the molecule is CC(OC(=O)c1cc(Cl)c[nH]1)C(=O)Nc1ccccc1F. The molecule has 0 fully saturated rings. The summed E-state index contributed by atoms with van der Waals surface area (Å²) in [6, 6.07) is 7.09. The summed E-state index contributed by atoms with van der Waals surface area (Å²) in [5.74, 6) is -1.93. The zero-order valence-electron chi connectivity index (χ0n) is 11.0. The van der Waals surface area contributed by atoms with Crippen molar-refractivity contribution in [1.82, 2.24) is 4.98 Å². The molecule has 1 amide bonds. The lowest BCUT2D eigenvalue weighted by Gasteiger charge is -2.13. The maximum Gasteiger partial charge on any atom is 0.355 e. The Morgan fingerprint density at radius 2 is 2.10 bits per heavy atom. The van der Waals surface area contributed by atoms with E-state index in [4.69, 9.17) is 16.3 Å².